The smallest absolute Gasteiger partial charge is 0.263 e. The van der Waals surface area contributed by atoms with Crippen molar-refractivity contribution in [2.24, 2.45) is 11.3 Å². The SMILES string of the molecule is COc1ccc(-n2c(=S)[nH]c3c(c2=O)C2CCC(C(C)(C)C)CC2S3)cc1. The van der Waals surface area contributed by atoms with Gasteiger partial charge in [-0.1, -0.05) is 20.8 Å². The van der Waals surface area contributed by atoms with E-state index in [0.717, 1.165) is 34.9 Å². The minimum Gasteiger partial charge on any atom is -0.497 e. The topological polar surface area (TPSA) is 47.0 Å². The molecule has 1 N–H and O–H groups in total. The molecule has 1 aliphatic carbocycles. The fourth-order valence-corrected chi connectivity index (χ4v) is 6.39. The Labute approximate surface area is 169 Å². The maximum atomic E-state index is 13.4. The molecular formula is C21H26N2O2S2. The maximum Gasteiger partial charge on any atom is 0.263 e. The van der Waals surface area contributed by atoms with Crippen molar-refractivity contribution in [1.82, 2.24) is 9.55 Å². The summed E-state index contributed by atoms with van der Waals surface area (Å²) in [4.78, 5) is 16.7. The third-order valence-electron chi connectivity index (χ3n) is 6.09. The molecule has 0 spiro atoms. The average molecular weight is 403 g/mol. The van der Waals surface area contributed by atoms with Crippen LogP contribution in [-0.2, 0) is 0 Å². The monoisotopic (exact) mass is 402 g/mol. The van der Waals surface area contributed by atoms with E-state index in [-0.39, 0.29) is 5.56 Å². The van der Waals surface area contributed by atoms with E-state index in [1.54, 1.807) is 11.7 Å². The van der Waals surface area contributed by atoms with Gasteiger partial charge in [-0.2, -0.15) is 0 Å². The molecule has 1 aliphatic heterocycles. The first-order valence-corrected chi connectivity index (χ1v) is 10.8. The lowest BCUT2D eigenvalue weighted by atomic mass is 9.69. The van der Waals surface area contributed by atoms with Crippen molar-refractivity contribution in [3.8, 4) is 11.4 Å². The van der Waals surface area contributed by atoms with Crippen LogP contribution in [0.4, 0.5) is 0 Å². The summed E-state index contributed by atoms with van der Waals surface area (Å²) in [5.74, 6) is 1.79. The van der Waals surface area contributed by atoms with E-state index in [9.17, 15) is 4.79 Å². The lowest BCUT2D eigenvalue weighted by molar-refractivity contribution is 0.174. The first-order valence-electron chi connectivity index (χ1n) is 9.50. The molecule has 27 heavy (non-hydrogen) atoms. The molecule has 1 aromatic carbocycles. The van der Waals surface area contributed by atoms with Gasteiger partial charge in [0.15, 0.2) is 4.77 Å². The fourth-order valence-electron chi connectivity index (χ4n) is 4.44. The molecule has 2 aliphatic rings. The Morgan fingerprint density at radius 2 is 1.93 bits per heavy atom. The largest absolute Gasteiger partial charge is 0.497 e. The van der Waals surface area contributed by atoms with Crippen molar-refractivity contribution < 1.29 is 4.74 Å². The van der Waals surface area contributed by atoms with Gasteiger partial charge in [0.25, 0.3) is 5.56 Å². The molecule has 0 bridgehead atoms. The first kappa shape index (κ1) is 18.8. The van der Waals surface area contributed by atoms with Gasteiger partial charge in [0.1, 0.15) is 5.75 Å². The van der Waals surface area contributed by atoms with E-state index >= 15 is 0 Å². The van der Waals surface area contributed by atoms with Crippen molar-refractivity contribution in [3.05, 3.63) is 45.0 Å². The van der Waals surface area contributed by atoms with Crippen LogP contribution in [0.1, 0.15) is 51.5 Å². The number of aromatic amines is 1. The summed E-state index contributed by atoms with van der Waals surface area (Å²) in [5.41, 5.74) is 2.06. The molecule has 3 unspecified atom stereocenters. The molecule has 2 heterocycles. The van der Waals surface area contributed by atoms with E-state index < -0.39 is 0 Å². The van der Waals surface area contributed by atoms with E-state index in [1.807, 2.05) is 36.0 Å². The highest BCUT2D eigenvalue weighted by Gasteiger charge is 2.43. The van der Waals surface area contributed by atoms with Crippen LogP contribution in [0, 0.1) is 16.1 Å². The molecule has 4 rings (SSSR count). The van der Waals surface area contributed by atoms with Crippen LogP contribution in [0.5, 0.6) is 5.75 Å². The standard InChI is InChI=1S/C21H26N2O2S2/c1-21(2,3)12-5-10-15-16(11-12)27-18-17(15)19(24)23(20(26)22-18)13-6-8-14(25-4)9-7-13/h6-9,12,15-16H,5,10-11H2,1-4H3,(H,22,26). The zero-order valence-electron chi connectivity index (χ0n) is 16.2. The van der Waals surface area contributed by atoms with E-state index in [1.165, 1.54) is 6.42 Å². The molecule has 144 valence electrons. The van der Waals surface area contributed by atoms with E-state index in [0.29, 0.717) is 27.3 Å². The van der Waals surface area contributed by atoms with Crippen molar-refractivity contribution in [3.63, 3.8) is 0 Å². The number of hydrogen-bond donors (Lipinski definition) is 1. The van der Waals surface area contributed by atoms with Gasteiger partial charge in [0.2, 0.25) is 0 Å². The van der Waals surface area contributed by atoms with Gasteiger partial charge in [-0.25, -0.2) is 0 Å². The fraction of sp³-hybridized carbons (Fsp3) is 0.524. The number of aromatic nitrogens is 2. The summed E-state index contributed by atoms with van der Waals surface area (Å²) < 4.78 is 7.31. The van der Waals surface area contributed by atoms with Crippen molar-refractivity contribution >= 4 is 24.0 Å². The predicted molar refractivity (Wildman–Crippen MR) is 113 cm³/mol. The zero-order valence-corrected chi connectivity index (χ0v) is 17.9. The van der Waals surface area contributed by atoms with Gasteiger partial charge >= 0.3 is 0 Å². The Morgan fingerprint density at radius 3 is 2.56 bits per heavy atom. The highest BCUT2D eigenvalue weighted by Crippen LogP contribution is 2.53. The van der Waals surface area contributed by atoms with Crippen molar-refractivity contribution in [2.45, 2.75) is 56.2 Å². The van der Waals surface area contributed by atoms with Crippen LogP contribution in [0.2, 0.25) is 0 Å². The minimum atomic E-state index is 0.0353. The predicted octanol–water partition coefficient (Wildman–Crippen LogP) is 5.31. The Kier molecular flexibility index (Phi) is 4.75. The lowest BCUT2D eigenvalue weighted by Gasteiger charge is -2.38. The number of ether oxygens (including phenoxy) is 1. The number of nitrogens with zero attached hydrogens (tertiary/aromatic N) is 1. The summed E-state index contributed by atoms with van der Waals surface area (Å²) in [6, 6.07) is 7.48. The number of H-pyrrole nitrogens is 1. The lowest BCUT2D eigenvalue weighted by Crippen LogP contribution is -2.33. The molecule has 2 aromatic rings. The maximum absolute atomic E-state index is 13.4. The number of hydrogen-bond acceptors (Lipinski definition) is 4. The molecule has 3 atom stereocenters. The number of thioether (sulfide) groups is 1. The molecule has 0 radical (unpaired) electrons. The van der Waals surface area contributed by atoms with Gasteiger partial charge in [-0.3, -0.25) is 9.36 Å². The van der Waals surface area contributed by atoms with Crippen LogP contribution >= 0.6 is 24.0 Å². The van der Waals surface area contributed by atoms with E-state index in [2.05, 4.69) is 25.8 Å². The second kappa shape index (κ2) is 6.82. The second-order valence-corrected chi connectivity index (χ2v) is 10.3. The summed E-state index contributed by atoms with van der Waals surface area (Å²) in [6.45, 7) is 6.98. The second-order valence-electron chi connectivity index (χ2n) is 8.65. The molecule has 1 saturated carbocycles. The van der Waals surface area contributed by atoms with Crippen molar-refractivity contribution in [2.75, 3.05) is 7.11 Å². The number of benzene rings is 1. The molecule has 0 amide bonds. The molecular weight excluding hydrogens is 376 g/mol. The Morgan fingerprint density at radius 1 is 1.22 bits per heavy atom. The van der Waals surface area contributed by atoms with Crippen LogP contribution in [0.15, 0.2) is 34.1 Å². The van der Waals surface area contributed by atoms with Crippen molar-refractivity contribution in [1.29, 1.82) is 0 Å². The number of fused-ring (bicyclic) bond motifs is 3. The van der Waals surface area contributed by atoms with Crippen LogP contribution in [-0.4, -0.2) is 21.9 Å². The molecule has 1 fully saturated rings. The highest BCUT2D eigenvalue weighted by molar-refractivity contribution is 8.00. The summed E-state index contributed by atoms with van der Waals surface area (Å²) >= 11 is 7.36. The zero-order chi connectivity index (χ0) is 19.3. The van der Waals surface area contributed by atoms with Gasteiger partial charge in [0, 0.05) is 11.2 Å². The normalized spacial score (nSPS) is 24.4. The summed E-state index contributed by atoms with van der Waals surface area (Å²) in [5, 5.41) is 1.46. The Balaban J connectivity index is 1.73. The summed E-state index contributed by atoms with van der Waals surface area (Å²) in [6.07, 6.45) is 3.42. The number of nitrogens with one attached hydrogen (secondary N) is 1. The number of methoxy groups -OCH3 is 1. The van der Waals surface area contributed by atoms with E-state index in [4.69, 9.17) is 17.0 Å². The van der Waals surface area contributed by atoms with Gasteiger partial charge in [0.05, 0.1) is 23.4 Å². The van der Waals surface area contributed by atoms with Gasteiger partial charge in [-0.05, 0) is 67.1 Å². The molecule has 6 heteroatoms. The quantitative estimate of drug-likeness (QED) is 0.546. The first-order chi connectivity index (χ1) is 12.8. The Bertz CT molecular complexity index is 970. The highest BCUT2D eigenvalue weighted by atomic mass is 32.2. The third kappa shape index (κ3) is 3.27. The van der Waals surface area contributed by atoms with Gasteiger partial charge < -0.3 is 9.72 Å². The molecule has 4 nitrogen and oxygen atoms in total. The van der Waals surface area contributed by atoms with Crippen LogP contribution < -0.4 is 10.3 Å². The minimum absolute atomic E-state index is 0.0353. The average Bonchev–Trinajstić information content (AvgIpc) is 2.98. The Hall–Kier alpha value is -1.53. The van der Waals surface area contributed by atoms with Gasteiger partial charge in [-0.15, -0.1) is 11.8 Å². The van der Waals surface area contributed by atoms with Crippen LogP contribution in [0.3, 0.4) is 0 Å². The summed E-state index contributed by atoms with van der Waals surface area (Å²) in [7, 11) is 1.63. The van der Waals surface area contributed by atoms with Crippen LogP contribution in [0.25, 0.3) is 5.69 Å². The molecule has 0 saturated heterocycles. The third-order valence-corrected chi connectivity index (χ3v) is 7.75. The molecule has 1 aromatic heterocycles. The number of rotatable bonds is 2.